The van der Waals surface area contributed by atoms with Gasteiger partial charge in [0, 0.05) is 72.5 Å². The summed E-state index contributed by atoms with van der Waals surface area (Å²) in [6.07, 6.45) is 25.7. The van der Waals surface area contributed by atoms with Crippen LogP contribution in [0, 0.1) is 37.5 Å². The zero-order valence-corrected chi connectivity index (χ0v) is 80.9. The Morgan fingerprint density at radius 1 is 0.431 bits per heavy atom. The molecular formula is C90H126N38O9. The molecule has 137 heavy (non-hydrogen) atoms. The summed E-state index contributed by atoms with van der Waals surface area (Å²) in [4.78, 5) is 99.9. The van der Waals surface area contributed by atoms with Crippen LogP contribution >= 0.6 is 0 Å². The molecule has 0 aliphatic carbocycles. The molecule has 6 fully saturated rings. The molecule has 0 radical (unpaired) electrons. The molecular weight excluding hydrogens is 1760 g/mol. The summed E-state index contributed by atoms with van der Waals surface area (Å²) in [7, 11) is 18.1. The van der Waals surface area contributed by atoms with Gasteiger partial charge in [-0.3, -0.25) is 42.3 Å². The van der Waals surface area contributed by atoms with Crippen molar-refractivity contribution in [3.8, 4) is 29.4 Å². The number of carbonyl (C=O) groups excluding carboxylic acids is 4. The number of ether oxygens (including phenoxy) is 5. The Balaban J connectivity index is 0.000000139. The third-order valence-corrected chi connectivity index (χ3v) is 25.4. The van der Waals surface area contributed by atoms with E-state index in [-0.39, 0.29) is 71.5 Å². The van der Waals surface area contributed by atoms with Crippen LogP contribution in [0.3, 0.4) is 0 Å². The second-order valence-corrected chi connectivity index (χ2v) is 35.8. The molecule has 12 aromatic heterocycles. The molecule has 12 aromatic rings. The van der Waals surface area contributed by atoms with E-state index in [1.165, 1.54) is 24.3 Å². The Hall–Kier alpha value is -14.8. The average molecular weight is 1880 g/mol. The third kappa shape index (κ3) is 21.8. The van der Waals surface area contributed by atoms with Gasteiger partial charge in [-0.1, -0.05) is 60.9 Å². The monoisotopic (exact) mass is 1880 g/mol. The highest BCUT2D eigenvalue weighted by Crippen LogP contribution is 2.39. The molecule has 0 saturated carbocycles. The lowest BCUT2D eigenvalue weighted by Gasteiger charge is -2.28. The van der Waals surface area contributed by atoms with Crippen LogP contribution in [0.5, 0.6) is 29.4 Å². The van der Waals surface area contributed by atoms with E-state index in [9.17, 15) is 19.2 Å². The second-order valence-electron chi connectivity index (χ2n) is 35.8. The van der Waals surface area contributed by atoms with Crippen LogP contribution in [0.2, 0.25) is 0 Å². The number of anilines is 12. The Morgan fingerprint density at radius 2 is 0.818 bits per heavy atom. The number of methoxy groups -OCH3 is 5. The number of amides is 4. The highest BCUT2D eigenvalue weighted by Gasteiger charge is 2.39. The number of aryl methyl sites for hydroxylation is 4. The summed E-state index contributed by atoms with van der Waals surface area (Å²) >= 11 is 0. The summed E-state index contributed by atoms with van der Waals surface area (Å²) < 4.78 is 42.2. The van der Waals surface area contributed by atoms with Crippen LogP contribution in [-0.4, -0.2) is 324 Å². The number of carbonyl (C=O) groups is 4. The van der Waals surface area contributed by atoms with Gasteiger partial charge in [-0.15, -0.1) is 35.7 Å². The summed E-state index contributed by atoms with van der Waals surface area (Å²) in [5.41, 5.74) is 8.06. The Kier molecular flexibility index (Phi) is 30.0. The number of nitrogens with zero attached hydrogens (tertiary/aromatic N) is 30. The van der Waals surface area contributed by atoms with Gasteiger partial charge in [-0.25, -0.2) is 38.5 Å². The van der Waals surface area contributed by atoms with Crippen molar-refractivity contribution in [1.29, 1.82) is 0 Å². The molecule has 47 nitrogen and oxygen atoms in total. The number of rotatable bonds is 31. The maximum absolute atomic E-state index is 11.9. The number of imidazole rings is 4. The number of aromatic nitrogens is 23. The zero-order chi connectivity index (χ0) is 97.3. The molecule has 0 spiro atoms. The Labute approximate surface area is 793 Å². The van der Waals surface area contributed by atoms with Crippen molar-refractivity contribution in [1.82, 2.24) is 148 Å². The van der Waals surface area contributed by atoms with E-state index in [1.807, 2.05) is 95.1 Å². The number of hydrogen-bond donors (Lipinski definition) is 8. The number of hydrogen-bond acceptors (Lipinski definition) is 35. The Bertz CT molecular complexity index is 6330. The number of nitrogens with one attached hydrogen (secondary N) is 8. The molecule has 6 aliphatic rings. The third-order valence-electron chi connectivity index (χ3n) is 25.4. The van der Waals surface area contributed by atoms with Crippen molar-refractivity contribution < 1.29 is 42.9 Å². The molecule has 6 aliphatic heterocycles. The molecule has 9 unspecified atom stereocenters. The van der Waals surface area contributed by atoms with E-state index in [2.05, 4.69) is 187 Å². The number of fused-ring (bicyclic) bond motifs is 4. The van der Waals surface area contributed by atoms with E-state index in [1.54, 1.807) is 67.9 Å². The minimum absolute atomic E-state index is 0.00232. The lowest BCUT2D eigenvalue weighted by Crippen LogP contribution is -2.39. The average Bonchev–Trinajstić information content (AvgIpc) is 1.65. The molecule has 9 atom stereocenters. The first-order valence-electron chi connectivity index (χ1n) is 45.9. The summed E-state index contributed by atoms with van der Waals surface area (Å²) in [5, 5.41) is 57.9. The first-order chi connectivity index (χ1) is 66.0. The van der Waals surface area contributed by atoms with Crippen LogP contribution < -0.4 is 85.8 Å². The van der Waals surface area contributed by atoms with Gasteiger partial charge >= 0.3 is 0 Å². The summed E-state index contributed by atoms with van der Waals surface area (Å²) in [5.74, 6) is 7.45. The van der Waals surface area contributed by atoms with E-state index >= 15 is 0 Å². The number of piperidine rings is 1. The second kappa shape index (κ2) is 42.4. The minimum atomic E-state index is -0.179. The molecule has 4 amide bonds. The van der Waals surface area contributed by atoms with Crippen molar-refractivity contribution in [3.63, 3.8) is 0 Å². The first kappa shape index (κ1) is 96.8. The van der Waals surface area contributed by atoms with Crippen LogP contribution in [0.15, 0.2) is 106 Å². The van der Waals surface area contributed by atoms with Crippen molar-refractivity contribution in [2.45, 2.75) is 117 Å². The van der Waals surface area contributed by atoms with Gasteiger partial charge in [0.1, 0.15) is 28.6 Å². The molecule has 8 N–H and O–H groups in total. The SMILES string of the molecule is C=CC(=O)NC1CN(c2cn3c(OC)cnc3c(Nc3cn(C)nc3OC)n2)CC1C.C=CC(=O)NC1CN(c2nc(Nc3cn(C4CCN(C)C4)nc3OC)c3ncc(CC)n3n2)CC1C.C=CC(=O)NC1CN(c2nc(Nc3cn(C4CCN(C)CC4)nc3OC)c3ncc(C)n3n2)CC1C.C=CC(=O)NC1CN(c2nc(Nc3cn(CCN(C)C)nc3OC)c3ncc(C)n3n2)CC1C. The molecule has 730 valence electrons. The Morgan fingerprint density at radius 3 is 1.26 bits per heavy atom. The normalized spacial score (nSPS) is 20.0. The molecule has 6 saturated heterocycles. The minimum Gasteiger partial charge on any atom is -0.481 e. The van der Waals surface area contributed by atoms with Crippen molar-refractivity contribution in [2.24, 2.45) is 30.7 Å². The highest BCUT2D eigenvalue weighted by molar-refractivity contribution is 5.89. The van der Waals surface area contributed by atoms with Crippen molar-refractivity contribution in [2.75, 3.05) is 190 Å². The van der Waals surface area contributed by atoms with Gasteiger partial charge in [0.05, 0.1) is 151 Å². The summed E-state index contributed by atoms with van der Waals surface area (Å²) in [6.45, 7) is 39.6. The molecule has 0 bridgehead atoms. The maximum Gasteiger partial charge on any atom is 0.256 e. The van der Waals surface area contributed by atoms with E-state index < -0.39 is 0 Å². The lowest BCUT2D eigenvalue weighted by molar-refractivity contribution is -0.118. The molecule has 47 heteroatoms. The molecule has 0 aromatic carbocycles. The summed E-state index contributed by atoms with van der Waals surface area (Å²) in [6, 6.07) is 0.592. The van der Waals surface area contributed by atoms with E-state index in [0.717, 1.165) is 119 Å². The topological polar surface area (TPSA) is 464 Å². The van der Waals surface area contributed by atoms with Gasteiger partial charge in [0.2, 0.25) is 47.4 Å². The number of likely N-dealkylation sites (N-methyl/N-ethyl adjacent to an activating group) is 2. The van der Waals surface area contributed by atoms with Crippen LogP contribution in [-0.2, 0) is 39.2 Å². The standard InChI is InChI=1S/2C24H34N10O2.C22H32N10O2.C20H26N8O3/c1-6-20(35)26-18-13-32(12-15(18)2)24-28-21(22-25-11-16(3)34(22)30-24)27-19-14-33(29-23(19)36-5)17-7-9-31(4)10-8-17;1-6-16-10-25-22-21(27-19-14-33(29-23(19)36-5)17-8-9-31(4)12-17)28-24(30-34(16)22)32-11-15(3)18(13-32)26-20(35)7-2;1-7-18(33)24-16-12-30(11-14(16)2)22-26-19(20-23-10-15(3)32(20)28-22)25-17-13-31(9-8-29(4)5)27-21(17)34-6;1-6-16(29)22-13-10-27(8-12(13)2)15-11-28-17(30-4)7-21-19(28)18(24-15)23-14-9-26(3)25-20(14)31-5/h6,11,14-15,17-18H,1,7-10,12-13H2,2-5H3,(H,26,35)(H,27,28,30);7,10,14-15,17-18H,2,6,8-9,11-13H2,1,3-5H3,(H,26,35)(H,27,28,30);7,10,13-14,16H,1,8-9,11-12H2,2-6H3,(H,24,33)(H,25,26,28);6-7,9,11-13H,1,8,10H2,2-5H3,(H,22,29)(H,23,24). The quantitative estimate of drug-likeness (QED) is 0.0237. The zero-order valence-electron chi connectivity index (χ0n) is 80.9. The highest BCUT2D eigenvalue weighted by atomic mass is 16.5. The lowest BCUT2D eigenvalue weighted by atomic mass is 10.1. The smallest absolute Gasteiger partial charge is 0.256 e. The van der Waals surface area contributed by atoms with Crippen molar-refractivity contribution >= 4 is 116 Å². The first-order valence-corrected chi connectivity index (χ1v) is 45.9. The fourth-order valence-corrected chi connectivity index (χ4v) is 17.6. The van der Waals surface area contributed by atoms with Gasteiger partial charge in [-0.05, 0) is 135 Å². The molecule has 18 rings (SSSR count). The van der Waals surface area contributed by atoms with Crippen LogP contribution in [0.1, 0.15) is 83.0 Å². The van der Waals surface area contributed by atoms with E-state index in [0.29, 0.717) is 149 Å². The van der Waals surface area contributed by atoms with Gasteiger partial charge in [-0.2, -0.15) is 15.0 Å². The molecule has 18 heterocycles. The fourth-order valence-electron chi connectivity index (χ4n) is 17.6. The largest absolute Gasteiger partial charge is 0.481 e. The van der Waals surface area contributed by atoms with Gasteiger partial charge in [0.15, 0.2) is 45.9 Å². The van der Waals surface area contributed by atoms with E-state index in [4.69, 9.17) is 64.0 Å². The predicted molar refractivity (Wildman–Crippen MR) is 519 cm³/mol. The van der Waals surface area contributed by atoms with Crippen LogP contribution in [0.4, 0.5) is 69.7 Å². The van der Waals surface area contributed by atoms with Crippen molar-refractivity contribution in [3.05, 3.63) is 123 Å². The fraction of sp³-hybridized carbons (Fsp3) is 0.500. The van der Waals surface area contributed by atoms with Gasteiger partial charge < -0.3 is 101 Å². The predicted octanol–water partition coefficient (Wildman–Crippen LogP) is 5.83. The van der Waals surface area contributed by atoms with Crippen LogP contribution in [0.25, 0.3) is 22.6 Å². The van der Waals surface area contributed by atoms with Gasteiger partial charge in [0.25, 0.3) is 23.5 Å². The number of likely N-dealkylation sites (tertiary alicyclic amines) is 2. The maximum atomic E-state index is 11.9.